The van der Waals surface area contributed by atoms with Crippen LogP contribution in [-0.4, -0.2) is 74.1 Å². The lowest BCUT2D eigenvalue weighted by molar-refractivity contribution is -0.00876. The third-order valence-corrected chi connectivity index (χ3v) is 7.35. The Morgan fingerprint density at radius 3 is 2.56 bits per heavy atom. The van der Waals surface area contributed by atoms with E-state index < -0.39 is 5.60 Å². The molecule has 3 aliphatic rings. The number of ether oxygens (including phenoxy) is 2. The highest BCUT2D eigenvalue weighted by molar-refractivity contribution is 5.82. The topological polar surface area (TPSA) is 112 Å². The number of fused-ring (bicyclic) bond motifs is 3. The minimum absolute atomic E-state index is 0.130. The maximum atomic E-state index is 10.1. The van der Waals surface area contributed by atoms with Crippen molar-refractivity contribution in [1.82, 2.24) is 24.5 Å². The fraction of sp³-hybridized carbons (Fsp3) is 0.379. The first kappa shape index (κ1) is 25.1. The molecule has 4 aromatic heterocycles. The highest BCUT2D eigenvalue weighted by atomic mass is 16.5. The van der Waals surface area contributed by atoms with E-state index in [1.165, 1.54) is 12.0 Å². The number of aliphatic hydroxyl groups is 1. The van der Waals surface area contributed by atoms with Crippen LogP contribution >= 0.6 is 0 Å². The number of piperidine rings is 1. The Bertz CT molecular complexity index is 1510. The molecule has 2 atom stereocenters. The Hall–Kier alpha value is -4.20. The molecule has 7 heterocycles. The van der Waals surface area contributed by atoms with Gasteiger partial charge in [-0.25, -0.2) is 14.5 Å². The van der Waals surface area contributed by atoms with Gasteiger partial charge in [-0.2, -0.15) is 10.4 Å². The molecule has 3 aliphatic heterocycles. The minimum atomic E-state index is -0.976. The van der Waals surface area contributed by atoms with Gasteiger partial charge in [0, 0.05) is 67.4 Å². The van der Waals surface area contributed by atoms with Crippen molar-refractivity contribution < 1.29 is 14.6 Å². The number of nitriles is 1. The number of rotatable bonds is 8. The third-order valence-electron chi connectivity index (χ3n) is 7.35. The molecule has 0 radical (unpaired) electrons. The maximum absolute atomic E-state index is 10.1. The summed E-state index contributed by atoms with van der Waals surface area (Å²) in [5, 5.41) is 23.8. The molecule has 2 unspecified atom stereocenters. The van der Waals surface area contributed by atoms with Crippen LogP contribution in [0.15, 0.2) is 55.0 Å². The SMILES string of the molecule is COc1ccc(CN2C3CC2CN(c2ccc(-c4cc(OCC(C)(C)O)cn5nc(C#N)cc45)cn2)C3)cn1. The van der Waals surface area contributed by atoms with Crippen LogP contribution in [0.3, 0.4) is 0 Å². The van der Waals surface area contributed by atoms with E-state index in [4.69, 9.17) is 14.5 Å². The molecule has 39 heavy (non-hydrogen) atoms. The molecule has 1 N–H and O–H groups in total. The summed E-state index contributed by atoms with van der Waals surface area (Å²) in [5.74, 6) is 2.14. The summed E-state index contributed by atoms with van der Waals surface area (Å²) >= 11 is 0. The number of aromatic nitrogens is 4. The monoisotopic (exact) mass is 525 g/mol. The summed E-state index contributed by atoms with van der Waals surface area (Å²) in [5.41, 5.74) is 3.09. The predicted octanol–water partition coefficient (Wildman–Crippen LogP) is 3.28. The summed E-state index contributed by atoms with van der Waals surface area (Å²) in [4.78, 5) is 14.1. The van der Waals surface area contributed by atoms with Crippen LogP contribution in [0.4, 0.5) is 5.82 Å². The van der Waals surface area contributed by atoms with Crippen molar-refractivity contribution in [2.24, 2.45) is 0 Å². The summed E-state index contributed by atoms with van der Waals surface area (Å²) in [6.07, 6.45) is 6.69. The van der Waals surface area contributed by atoms with Crippen molar-refractivity contribution in [3.63, 3.8) is 0 Å². The van der Waals surface area contributed by atoms with Gasteiger partial charge in [-0.05, 0) is 44.0 Å². The van der Waals surface area contributed by atoms with Crippen molar-refractivity contribution in [2.45, 2.75) is 44.5 Å². The van der Waals surface area contributed by atoms with Crippen LogP contribution < -0.4 is 14.4 Å². The van der Waals surface area contributed by atoms with E-state index >= 15 is 0 Å². The minimum Gasteiger partial charge on any atom is -0.489 e. The molecular formula is C29H31N7O3. The molecule has 3 saturated heterocycles. The number of nitrogens with zero attached hydrogens (tertiary/aromatic N) is 7. The average Bonchev–Trinajstić information content (AvgIpc) is 3.38. The lowest BCUT2D eigenvalue weighted by atomic mass is 9.87. The molecule has 0 spiro atoms. The normalized spacial score (nSPS) is 19.0. The van der Waals surface area contributed by atoms with Gasteiger partial charge in [0.15, 0.2) is 5.69 Å². The molecule has 0 aromatic carbocycles. The second-order valence-electron chi connectivity index (χ2n) is 10.9. The standard InChI is InChI=1S/C29H31N7O3/c1-29(2,37)18-39-24-10-25(26-8-21(11-30)33-36(26)17-24)20-5-6-27(31-13-20)34-15-22-9-23(16-34)35(22)14-19-4-7-28(38-3)32-12-19/h4-8,10,12-13,17,22-23,37H,9,14-16,18H2,1-3H3. The Morgan fingerprint density at radius 1 is 1.10 bits per heavy atom. The highest BCUT2D eigenvalue weighted by Crippen LogP contribution is 2.36. The zero-order valence-corrected chi connectivity index (χ0v) is 22.3. The lowest BCUT2D eigenvalue weighted by Crippen LogP contribution is -2.68. The smallest absolute Gasteiger partial charge is 0.212 e. The highest BCUT2D eigenvalue weighted by Gasteiger charge is 2.44. The predicted molar refractivity (Wildman–Crippen MR) is 146 cm³/mol. The number of piperazine rings is 1. The van der Waals surface area contributed by atoms with Crippen LogP contribution in [0.1, 0.15) is 31.5 Å². The zero-order valence-electron chi connectivity index (χ0n) is 22.3. The van der Waals surface area contributed by atoms with Crippen LogP contribution in [0, 0.1) is 11.3 Å². The summed E-state index contributed by atoms with van der Waals surface area (Å²) < 4.78 is 12.7. The van der Waals surface area contributed by atoms with Crippen molar-refractivity contribution >= 4 is 11.3 Å². The van der Waals surface area contributed by atoms with E-state index in [1.54, 1.807) is 37.7 Å². The van der Waals surface area contributed by atoms with Gasteiger partial charge in [-0.1, -0.05) is 6.07 Å². The van der Waals surface area contributed by atoms with Gasteiger partial charge >= 0.3 is 0 Å². The zero-order chi connectivity index (χ0) is 27.1. The lowest BCUT2D eigenvalue weighted by Gasteiger charge is -2.56. The number of methoxy groups -OCH3 is 1. The second kappa shape index (κ2) is 9.84. The van der Waals surface area contributed by atoms with Gasteiger partial charge in [-0.3, -0.25) is 4.90 Å². The van der Waals surface area contributed by atoms with Crippen molar-refractivity contribution in [1.29, 1.82) is 5.26 Å². The number of hydrogen-bond donors (Lipinski definition) is 1. The quantitative estimate of drug-likeness (QED) is 0.370. The molecule has 10 nitrogen and oxygen atoms in total. The Kier molecular flexibility index (Phi) is 6.33. The van der Waals surface area contributed by atoms with Crippen LogP contribution in [0.25, 0.3) is 16.6 Å². The first-order valence-electron chi connectivity index (χ1n) is 13.0. The average molecular weight is 526 g/mol. The molecular weight excluding hydrogens is 494 g/mol. The van der Waals surface area contributed by atoms with Gasteiger partial charge in [0.2, 0.25) is 5.88 Å². The molecule has 0 aliphatic carbocycles. The van der Waals surface area contributed by atoms with E-state index in [0.717, 1.165) is 42.1 Å². The molecule has 3 fully saturated rings. The number of anilines is 1. The van der Waals surface area contributed by atoms with Crippen molar-refractivity contribution in [2.75, 3.05) is 31.7 Å². The first-order chi connectivity index (χ1) is 18.8. The molecule has 2 bridgehead atoms. The molecule has 0 amide bonds. The van der Waals surface area contributed by atoms with E-state index in [9.17, 15) is 10.4 Å². The van der Waals surface area contributed by atoms with E-state index in [2.05, 4.69) is 44.2 Å². The Labute approximate surface area is 227 Å². The van der Waals surface area contributed by atoms with Crippen LogP contribution in [0.5, 0.6) is 11.6 Å². The molecule has 0 saturated carbocycles. The first-order valence-corrected chi connectivity index (χ1v) is 13.0. The Morgan fingerprint density at radius 2 is 1.92 bits per heavy atom. The van der Waals surface area contributed by atoms with E-state index in [-0.39, 0.29) is 6.61 Å². The van der Waals surface area contributed by atoms with Gasteiger partial charge in [0.1, 0.15) is 24.2 Å². The third kappa shape index (κ3) is 5.11. The fourth-order valence-corrected chi connectivity index (χ4v) is 5.39. The summed E-state index contributed by atoms with van der Waals surface area (Å²) in [7, 11) is 1.63. The van der Waals surface area contributed by atoms with Gasteiger partial charge < -0.3 is 19.5 Å². The Balaban J connectivity index is 1.18. The second-order valence-corrected chi connectivity index (χ2v) is 10.9. The largest absolute Gasteiger partial charge is 0.489 e. The summed E-state index contributed by atoms with van der Waals surface area (Å²) in [6, 6.07) is 14.9. The van der Waals surface area contributed by atoms with Crippen molar-refractivity contribution in [3.05, 3.63) is 66.2 Å². The molecule has 4 aromatic rings. The van der Waals surface area contributed by atoms with Gasteiger partial charge in [0.05, 0.1) is 24.4 Å². The number of pyridine rings is 3. The maximum Gasteiger partial charge on any atom is 0.212 e. The van der Waals surface area contributed by atoms with Crippen LogP contribution in [-0.2, 0) is 6.54 Å². The van der Waals surface area contributed by atoms with Crippen molar-refractivity contribution in [3.8, 4) is 28.8 Å². The van der Waals surface area contributed by atoms with E-state index in [1.807, 2.05) is 24.5 Å². The molecule has 200 valence electrons. The van der Waals surface area contributed by atoms with Gasteiger partial charge in [0.25, 0.3) is 0 Å². The van der Waals surface area contributed by atoms with E-state index in [0.29, 0.717) is 29.4 Å². The summed E-state index contributed by atoms with van der Waals surface area (Å²) in [6.45, 7) is 6.28. The molecule has 7 rings (SSSR count). The van der Waals surface area contributed by atoms with Crippen LogP contribution in [0.2, 0.25) is 0 Å². The number of hydrogen-bond acceptors (Lipinski definition) is 9. The molecule has 10 heteroatoms. The fourth-order valence-electron chi connectivity index (χ4n) is 5.39. The van der Waals surface area contributed by atoms with Gasteiger partial charge in [-0.15, -0.1) is 0 Å².